The Hall–Kier alpha value is -1.01. The van der Waals surface area contributed by atoms with Gasteiger partial charge in [0.05, 0.1) is 0 Å². The first-order valence-electron chi connectivity index (χ1n) is 3.31. The van der Waals surface area contributed by atoms with Crippen LogP contribution >= 0.6 is 11.8 Å². The largest absolute Gasteiger partial charge is 0.477 e. The van der Waals surface area contributed by atoms with Gasteiger partial charge in [-0.05, 0) is 0 Å². The molecular formula is C6H6N2O3S. The monoisotopic (exact) mass is 186 g/mol. The van der Waals surface area contributed by atoms with E-state index in [2.05, 4.69) is 0 Å². The zero-order valence-electron chi connectivity index (χ0n) is 5.93. The van der Waals surface area contributed by atoms with Gasteiger partial charge in [0.1, 0.15) is 16.3 Å². The number of carbonyl (C=O) groups excluding carboxylic acids is 1. The normalized spacial score (nSPS) is 32.6. The van der Waals surface area contributed by atoms with Gasteiger partial charge in [0.2, 0.25) is 5.91 Å². The number of fused-ring (bicyclic) bond motifs is 1. The Morgan fingerprint density at radius 3 is 2.92 bits per heavy atom. The molecule has 64 valence electrons. The fourth-order valence-corrected chi connectivity index (χ4v) is 2.25. The molecular weight excluding hydrogens is 180 g/mol. The summed E-state index contributed by atoms with van der Waals surface area (Å²) in [4.78, 5) is 23.0. The van der Waals surface area contributed by atoms with Gasteiger partial charge in [0.25, 0.3) is 0 Å². The first-order valence-corrected chi connectivity index (χ1v) is 4.19. The lowest BCUT2D eigenvalue weighted by molar-refractivity contribution is -0.139. The lowest BCUT2D eigenvalue weighted by Crippen LogP contribution is -2.63. The van der Waals surface area contributed by atoms with E-state index < -0.39 is 12.0 Å². The Kier molecular flexibility index (Phi) is 1.42. The van der Waals surface area contributed by atoms with Crippen LogP contribution in [0.2, 0.25) is 0 Å². The lowest BCUT2D eigenvalue weighted by atomic mass is 10.1. The Labute approximate surface area is 72.2 Å². The first-order chi connectivity index (χ1) is 5.61. The summed E-state index contributed by atoms with van der Waals surface area (Å²) in [5.41, 5.74) is 5.43. The zero-order valence-corrected chi connectivity index (χ0v) is 6.75. The standard InChI is InChI=1S/C6H6N2O3S/c7-3-4(9)8-1-2(6(10)11)12-5(3)8/h1,3,5H,7H2,(H,10,11)/t3?,5-/m1/s1. The molecule has 0 aromatic carbocycles. The Bertz CT molecular complexity index is 301. The van der Waals surface area contributed by atoms with Crippen LogP contribution in [0.1, 0.15) is 0 Å². The van der Waals surface area contributed by atoms with Gasteiger partial charge in [-0.15, -0.1) is 0 Å². The zero-order chi connectivity index (χ0) is 8.88. The van der Waals surface area contributed by atoms with Crippen LogP contribution in [0.15, 0.2) is 11.1 Å². The van der Waals surface area contributed by atoms with Gasteiger partial charge in [-0.25, -0.2) is 4.79 Å². The minimum Gasteiger partial charge on any atom is -0.477 e. The molecule has 0 aromatic rings. The smallest absolute Gasteiger partial charge is 0.343 e. The van der Waals surface area contributed by atoms with Crippen molar-refractivity contribution in [2.45, 2.75) is 11.4 Å². The molecule has 1 fully saturated rings. The van der Waals surface area contributed by atoms with Crippen LogP contribution in [0.3, 0.4) is 0 Å². The molecule has 2 aliphatic heterocycles. The summed E-state index contributed by atoms with van der Waals surface area (Å²) in [6.07, 6.45) is 1.34. The third-order valence-electron chi connectivity index (χ3n) is 1.84. The molecule has 0 saturated carbocycles. The predicted octanol–water partition coefficient (Wildman–Crippen LogP) is -0.845. The Balaban J connectivity index is 2.19. The number of nitrogens with zero attached hydrogens (tertiary/aromatic N) is 1. The van der Waals surface area contributed by atoms with Crippen molar-refractivity contribution in [1.29, 1.82) is 0 Å². The van der Waals surface area contributed by atoms with Crippen LogP contribution in [-0.2, 0) is 9.59 Å². The molecule has 6 heteroatoms. The topological polar surface area (TPSA) is 83.6 Å². The highest BCUT2D eigenvalue weighted by atomic mass is 32.2. The van der Waals surface area contributed by atoms with Crippen molar-refractivity contribution < 1.29 is 14.7 Å². The number of carboxylic acid groups (broad SMARTS) is 1. The minimum atomic E-state index is -1.01. The maximum Gasteiger partial charge on any atom is 0.343 e. The SMILES string of the molecule is NC1C(=O)N2C=C(C(=O)O)S[C@H]12. The Morgan fingerprint density at radius 2 is 2.42 bits per heavy atom. The highest BCUT2D eigenvalue weighted by Gasteiger charge is 2.49. The molecule has 5 nitrogen and oxygen atoms in total. The summed E-state index contributed by atoms with van der Waals surface area (Å²) in [6, 6.07) is -0.539. The number of aliphatic carboxylic acids is 1. The van der Waals surface area contributed by atoms with Crippen molar-refractivity contribution in [3.63, 3.8) is 0 Å². The van der Waals surface area contributed by atoms with E-state index in [1.165, 1.54) is 11.1 Å². The number of hydrogen-bond donors (Lipinski definition) is 2. The quantitative estimate of drug-likeness (QED) is 0.521. The summed E-state index contributed by atoms with van der Waals surface area (Å²) in [6.45, 7) is 0. The number of carbonyl (C=O) groups is 2. The maximum atomic E-state index is 11.0. The molecule has 0 aliphatic carbocycles. The molecule has 2 heterocycles. The average molecular weight is 186 g/mol. The maximum absolute atomic E-state index is 11.0. The average Bonchev–Trinajstić information content (AvgIpc) is 2.43. The molecule has 1 unspecified atom stereocenters. The van der Waals surface area contributed by atoms with Gasteiger partial charge in [0.15, 0.2) is 0 Å². The highest BCUT2D eigenvalue weighted by molar-refractivity contribution is 8.04. The minimum absolute atomic E-state index is 0.182. The Morgan fingerprint density at radius 1 is 1.75 bits per heavy atom. The van der Waals surface area contributed by atoms with E-state index >= 15 is 0 Å². The fraction of sp³-hybridized carbons (Fsp3) is 0.333. The van der Waals surface area contributed by atoms with Crippen molar-refractivity contribution in [1.82, 2.24) is 4.90 Å². The van der Waals surface area contributed by atoms with Gasteiger partial charge in [0, 0.05) is 6.20 Å². The van der Waals surface area contributed by atoms with Gasteiger partial charge in [-0.2, -0.15) is 0 Å². The van der Waals surface area contributed by atoms with Gasteiger partial charge in [-0.1, -0.05) is 11.8 Å². The molecule has 12 heavy (non-hydrogen) atoms. The van der Waals surface area contributed by atoms with E-state index in [1.54, 1.807) is 0 Å². The fourth-order valence-electron chi connectivity index (χ4n) is 1.17. The number of nitrogens with two attached hydrogens (primary N) is 1. The van der Waals surface area contributed by atoms with Crippen LogP contribution in [-0.4, -0.2) is 33.3 Å². The van der Waals surface area contributed by atoms with E-state index in [0.717, 1.165) is 11.8 Å². The number of rotatable bonds is 1. The van der Waals surface area contributed by atoms with E-state index in [9.17, 15) is 9.59 Å². The molecule has 1 saturated heterocycles. The van der Waals surface area contributed by atoms with E-state index in [0.29, 0.717) is 0 Å². The molecule has 0 spiro atoms. The second-order valence-electron chi connectivity index (χ2n) is 2.58. The third-order valence-corrected chi connectivity index (χ3v) is 3.13. The molecule has 0 bridgehead atoms. The molecule has 2 atom stereocenters. The summed E-state index contributed by atoms with van der Waals surface area (Å²) < 4.78 is 0. The third kappa shape index (κ3) is 0.788. The number of β-lactam (4-membered cyclic amide) rings is 1. The van der Waals surface area contributed by atoms with Gasteiger partial charge >= 0.3 is 5.97 Å². The molecule has 2 rings (SSSR count). The van der Waals surface area contributed by atoms with Crippen molar-refractivity contribution in [3.8, 4) is 0 Å². The van der Waals surface area contributed by atoms with E-state index in [-0.39, 0.29) is 16.2 Å². The molecule has 3 N–H and O–H groups in total. The second kappa shape index (κ2) is 2.24. The van der Waals surface area contributed by atoms with Gasteiger partial charge in [-0.3, -0.25) is 4.79 Å². The lowest BCUT2D eigenvalue weighted by Gasteiger charge is -2.38. The summed E-state index contributed by atoms with van der Waals surface area (Å²) in [7, 11) is 0. The van der Waals surface area contributed by atoms with E-state index in [1.807, 2.05) is 0 Å². The van der Waals surface area contributed by atoms with Crippen molar-refractivity contribution >= 4 is 23.6 Å². The van der Waals surface area contributed by atoms with Crippen LogP contribution in [0.25, 0.3) is 0 Å². The van der Waals surface area contributed by atoms with Crippen molar-refractivity contribution in [2.24, 2.45) is 5.73 Å². The molecule has 1 amide bonds. The van der Waals surface area contributed by atoms with Crippen LogP contribution < -0.4 is 5.73 Å². The molecule has 0 radical (unpaired) electrons. The van der Waals surface area contributed by atoms with Crippen LogP contribution in [0.4, 0.5) is 0 Å². The second-order valence-corrected chi connectivity index (χ2v) is 3.74. The summed E-state index contributed by atoms with van der Waals surface area (Å²) >= 11 is 1.12. The van der Waals surface area contributed by atoms with Crippen molar-refractivity contribution in [2.75, 3.05) is 0 Å². The van der Waals surface area contributed by atoms with Crippen molar-refractivity contribution in [3.05, 3.63) is 11.1 Å². The number of carboxylic acids is 1. The number of hydrogen-bond acceptors (Lipinski definition) is 4. The summed E-state index contributed by atoms with van der Waals surface area (Å²) in [5, 5.41) is 8.39. The van der Waals surface area contributed by atoms with Crippen LogP contribution in [0, 0.1) is 0 Å². The van der Waals surface area contributed by atoms with Crippen LogP contribution in [0.5, 0.6) is 0 Å². The molecule has 0 aromatic heterocycles. The van der Waals surface area contributed by atoms with Gasteiger partial charge < -0.3 is 15.7 Å². The summed E-state index contributed by atoms with van der Waals surface area (Å²) in [5.74, 6) is -1.21. The highest BCUT2D eigenvalue weighted by Crippen LogP contribution is 2.40. The van der Waals surface area contributed by atoms with E-state index in [4.69, 9.17) is 10.8 Å². The predicted molar refractivity (Wildman–Crippen MR) is 41.9 cm³/mol. The first kappa shape index (κ1) is 7.63. The number of thioether (sulfide) groups is 1. The number of amides is 1. The molecule has 2 aliphatic rings.